The molecular weight excluding hydrogens is 422 g/mol. The molecule has 0 saturated carbocycles. The number of anilines is 2. The average Bonchev–Trinajstić information content (AvgIpc) is 3.35. The molecule has 1 atom stereocenters. The van der Waals surface area contributed by atoms with E-state index in [0.29, 0.717) is 17.8 Å². The number of hydrogen-bond donors (Lipinski definition) is 2. The van der Waals surface area contributed by atoms with Gasteiger partial charge in [-0.15, -0.1) is 11.3 Å². The van der Waals surface area contributed by atoms with Crippen molar-refractivity contribution in [3.05, 3.63) is 77.3 Å². The molecule has 1 saturated heterocycles. The van der Waals surface area contributed by atoms with Crippen LogP contribution in [0.2, 0.25) is 0 Å². The van der Waals surface area contributed by atoms with Gasteiger partial charge in [0.15, 0.2) is 5.13 Å². The first kappa shape index (κ1) is 22.0. The van der Waals surface area contributed by atoms with Crippen LogP contribution in [0.15, 0.2) is 66.2 Å². The second-order valence-corrected chi connectivity index (χ2v) is 8.65. The van der Waals surface area contributed by atoms with Gasteiger partial charge >= 0.3 is 0 Å². The summed E-state index contributed by atoms with van der Waals surface area (Å²) in [4.78, 5) is 34.3. The van der Waals surface area contributed by atoms with Gasteiger partial charge in [-0.2, -0.15) is 0 Å². The molecule has 0 aliphatic carbocycles. The maximum absolute atomic E-state index is 12.9. The third kappa shape index (κ3) is 5.52. The summed E-state index contributed by atoms with van der Waals surface area (Å²) in [6.07, 6.45) is 1.81. The second-order valence-electron chi connectivity index (χ2n) is 7.78. The van der Waals surface area contributed by atoms with Crippen LogP contribution < -0.4 is 15.5 Å². The van der Waals surface area contributed by atoms with E-state index >= 15 is 0 Å². The minimum absolute atomic E-state index is 0.121. The van der Waals surface area contributed by atoms with E-state index in [1.54, 1.807) is 29.5 Å². The molecule has 1 aromatic heterocycles. The van der Waals surface area contributed by atoms with Crippen LogP contribution in [0.1, 0.15) is 28.9 Å². The first-order valence-corrected chi connectivity index (χ1v) is 11.6. The van der Waals surface area contributed by atoms with E-state index in [9.17, 15) is 9.59 Å². The van der Waals surface area contributed by atoms with Crippen molar-refractivity contribution in [3.63, 3.8) is 0 Å². The Balaban J connectivity index is 1.32. The van der Waals surface area contributed by atoms with E-state index in [1.807, 2.05) is 54.9 Å². The molecule has 1 aliphatic heterocycles. The van der Waals surface area contributed by atoms with E-state index in [1.165, 1.54) is 0 Å². The van der Waals surface area contributed by atoms with Crippen molar-refractivity contribution < 1.29 is 9.59 Å². The van der Waals surface area contributed by atoms with Crippen LogP contribution >= 0.6 is 11.3 Å². The number of aromatic nitrogens is 1. The number of carbonyl (C=O) groups is 2. The Bertz CT molecular complexity index is 1030. The number of nitrogens with one attached hydrogen (secondary N) is 2. The van der Waals surface area contributed by atoms with E-state index in [4.69, 9.17) is 0 Å². The molecule has 0 unspecified atom stereocenters. The number of amides is 2. The van der Waals surface area contributed by atoms with Crippen LogP contribution in [-0.4, -0.2) is 54.4 Å². The Labute approximate surface area is 192 Å². The number of hydrogen-bond acceptors (Lipinski definition) is 6. The molecule has 1 aliphatic rings. The van der Waals surface area contributed by atoms with Gasteiger partial charge in [0.2, 0.25) is 5.91 Å². The molecule has 8 heteroatoms. The maximum Gasteiger partial charge on any atom is 0.253 e. The quantitative estimate of drug-likeness (QED) is 0.578. The van der Waals surface area contributed by atoms with Gasteiger partial charge in [0.25, 0.3) is 5.91 Å². The van der Waals surface area contributed by atoms with Gasteiger partial charge in [0.05, 0.1) is 23.8 Å². The number of para-hydroxylation sites is 1. The molecule has 2 heterocycles. The number of carbonyl (C=O) groups excluding carboxylic acids is 2. The molecule has 2 N–H and O–H groups in total. The number of thiazole rings is 1. The lowest BCUT2D eigenvalue weighted by molar-refractivity contribution is -0.117. The molecule has 1 fully saturated rings. The van der Waals surface area contributed by atoms with Gasteiger partial charge in [-0.25, -0.2) is 4.98 Å². The van der Waals surface area contributed by atoms with Gasteiger partial charge in [-0.3, -0.25) is 14.5 Å². The summed E-state index contributed by atoms with van der Waals surface area (Å²) >= 11 is 1.63. The highest BCUT2D eigenvalue weighted by Gasteiger charge is 2.21. The Morgan fingerprint density at radius 2 is 1.75 bits per heavy atom. The fourth-order valence-corrected chi connectivity index (χ4v) is 4.45. The van der Waals surface area contributed by atoms with Crippen molar-refractivity contribution in [2.24, 2.45) is 0 Å². The fraction of sp³-hybridized carbons (Fsp3) is 0.292. The van der Waals surface area contributed by atoms with Crippen molar-refractivity contribution in [2.75, 3.05) is 42.9 Å². The Kier molecular flexibility index (Phi) is 7.14. The summed E-state index contributed by atoms with van der Waals surface area (Å²) in [5.41, 5.74) is 2.01. The molecule has 0 radical (unpaired) electrons. The zero-order chi connectivity index (χ0) is 22.3. The lowest BCUT2D eigenvalue weighted by atomic mass is 10.1. The first-order valence-electron chi connectivity index (χ1n) is 10.7. The van der Waals surface area contributed by atoms with E-state index in [0.717, 1.165) is 36.9 Å². The number of rotatable bonds is 7. The molecule has 166 valence electrons. The number of benzene rings is 2. The van der Waals surface area contributed by atoms with Gasteiger partial charge in [0, 0.05) is 37.8 Å². The number of piperazine rings is 1. The zero-order valence-corrected chi connectivity index (χ0v) is 18.8. The monoisotopic (exact) mass is 449 g/mol. The highest BCUT2D eigenvalue weighted by atomic mass is 32.1. The summed E-state index contributed by atoms with van der Waals surface area (Å²) in [5.74, 6) is -0.335. The summed E-state index contributed by atoms with van der Waals surface area (Å²) in [7, 11) is 0. The molecule has 2 aromatic carbocycles. The molecule has 2 amide bonds. The predicted molar refractivity (Wildman–Crippen MR) is 128 cm³/mol. The molecule has 4 rings (SSSR count). The van der Waals surface area contributed by atoms with Gasteiger partial charge < -0.3 is 15.5 Å². The van der Waals surface area contributed by atoms with E-state index in [2.05, 4.69) is 25.4 Å². The van der Waals surface area contributed by atoms with Crippen LogP contribution in [0.25, 0.3) is 0 Å². The van der Waals surface area contributed by atoms with Crippen molar-refractivity contribution in [1.82, 2.24) is 15.2 Å². The third-order valence-corrected chi connectivity index (χ3v) is 6.35. The molecule has 7 nitrogen and oxygen atoms in total. The normalized spacial score (nSPS) is 15.2. The van der Waals surface area contributed by atoms with E-state index < -0.39 is 0 Å². The van der Waals surface area contributed by atoms with Crippen molar-refractivity contribution in [1.29, 1.82) is 0 Å². The summed E-state index contributed by atoms with van der Waals surface area (Å²) in [5, 5.41) is 8.94. The lowest BCUT2D eigenvalue weighted by Crippen LogP contribution is -2.48. The highest BCUT2D eigenvalue weighted by molar-refractivity contribution is 7.13. The first-order chi connectivity index (χ1) is 15.6. The Morgan fingerprint density at radius 3 is 2.47 bits per heavy atom. The van der Waals surface area contributed by atoms with Crippen molar-refractivity contribution >= 4 is 34.0 Å². The largest absolute Gasteiger partial charge is 0.346 e. The minimum atomic E-state index is -0.214. The van der Waals surface area contributed by atoms with Crippen LogP contribution in [0.3, 0.4) is 0 Å². The summed E-state index contributed by atoms with van der Waals surface area (Å²) < 4.78 is 0. The maximum atomic E-state index is 12.9. The van der Waals surface area contributed by atoms with Crippen LogP contribution in [0.5, 0.6) is 0 Å². The predicted octanol–water partition coefficient (Wildman–Crippen LogP) is 3.39. The SMILES string of the molecule is C[C@H](NC(=O)c1ccccc1NC(=O)CN1CCN(c2nccs2)CC1)c1ccccc1. The lowest BCUT2D eigenvalue weighted by Gasteiger charge is -2.34. The van der Waals surface area contributed by atoms with E-state index in [-0.39, 0.29) is 17.9 Å². The summed E-state index contributed by atoms with van der Waals surface area (Å²) in [6, 6.07) is 16.8. The molecule has 0 spiro atoms. The average molecular weight is 450 g/mol. The Hall–Kier alpha value is -3.23. The zero-order valence-electron chi connectivity index (χ0n) is 18.0. The number of nitrogens with zero attached hydrogens (tertiary/aromatic N) is 3. The van der Waals surface area contributed by atoms with Gasteiger partial charge in [-0.1, -0.05) is 42.5 Å². The van der Waals surface area contributed by atoms with Crippen LogP contribution in [-0.2, 0) is 4.79 Å². The molecule has 0 bridgehead atoms. The third-order valence-electron chi connectivity index (χ3n) is 5.52. The summed E-state index contributed by atoms with van der Waals surface area (Å²) in [6.45, 7) is 5.52. The second kappa shape index (κ2) is 10.4. The van der Waals surface area contributed by atoms with Gasteiger partial charge in [0.1, 0.15) is 0 Å². The van der Waals surface area contributed by atoms with Gasteiger partial charge in [-0.05, 0) is 24.6 Å². The van der Waals surface area contributed by atoms with Crippen molar-refractivity contribution in [2.45, 2.75) is 13.0 Å². The smallest absolute Gasteiger partial charge is 0.253 e. The topological polar surface area (TPSA) is 77.6 Å². The van der Waals surface area contributed by atoms with Crippen LogP contribution in [0, 0.1) is 0 Å². The van der Waals surface area contributed by atoms with Crippen molar-refractivity contribution in [3.8, 4) is 0 Å². The molecule has 32 heavy (non-hydrogen) atoms. The molecule has 3 aromatic rings. The van der Waals surface area contributed by atoms with Crippen LogP contribution in [0.4, 0.5) is 10.8 Å². The molecular formula is C24H27N5O2S. The standard InChI is InChI=1S/C24H27N5O2S/c1-18(19-7-3-2-4-8-19)26-23(31)20-9-5-6-10-21(20)27-22(30)17-28-12-14-29(15-13-28)24-25-11-16-32-24/h2-11,16,18H,12-15,17H2,1H3,(H,26,31)(H,27,30)/t18-/m0/s1. The minimum Gasteiger partial charge on any atom is -0.346 e. The highest BCUT2D eigenvalue weighted by Crippen LogP contribution is 2.20. The Morgan fingerprint density at radius 1 is 1.03 bits per heavy atom. The fourth-order valence-electron chi connectivity index (χ4n) is 3.75.